The van der Waals surface area contributed by atoms with Crippen LogP contribution >= 0.6 is 0 Å². The average molecular weight is 406 g/mol. The Morgan fingerprint density at radius 2 is 1.87 bits per heavy atom. The Labute approximate surface area is 175 Å². The molecule has 1 saturated heterocycles. The Bertz CT molecular complexity index is 971. The fourth-order valence-electron chi connectivity index (χ4n) is 4.04. The van der Waals surface area contributed by atoms with E-state index in [9.17, 15) is 14.4 Å². The van der Waals surface area contributed by atoms with Gasteiger partial charge in [0, 0.05) is 37.3 Å². The minimum absolute atomic E-state index is 0.141. The van der Waals surface area contributed by atoms with Crippen molar-refractivity contribution in [2.75, 3.05) is 11.9 Å². The molecule has 30 heavy (non-hydrogen) atoms. The van der Waals surface area contributed by atoms with Crippen LogP contribution in [0.3, 0.4) is 0 Å². The molecule has 0 radical (unpaired) electrons. The van der Waals surface area contributed by atoms with Gasteiger partial charge in [0.15, 0.2) is 0 Å². The quantitative estimate of drug-likeness (QED) is 0.613. The molecule has 3 N–H and O–H groups in total. The van der Waals surface area contributed by atoms with E-state index >= 15 is 0 Å². The van der Waals surface area contributed by atoms with E-state index in [2.05, 4.69) is 35.0 Å². The molecule has 2 heterocycles. The molecular formula is C23H26N4O3. The van der Waals surface area contributed by atoms with Gasteiger partial charge in [0.2, 0.25) is 11.8 Å². The minimum atomic E-state index is -0.590. The summed E-state index contributed by atoms with van der Waals surface area (Å²) in [6.45, 7) is 4.77. The van der Waals surface area contributed by atoms with E-state index in [0.717, 1.165) is 29.9 Å². The zero-order valence-corrected chi connectivity index (χ0v) is 17.0. The lowest BCUT2D eigenvalue weighted by Crippen LogP contribution is -2.52. The molecule has 2 aromatic rings. The van der Waals surface area contributed by atoms with Gasteiger partial charge in [0.25, 0.3) is 5.91 Å². The van der Waals surface area contributed by atoms with Crippen molar-refractivity contribution >= 4 is 23.4 Å². The normalized spacial score (nSPS) is 18.4. The zero-order valence-electron chi connectivity index (χ0n) is 17.0. The van der Waals surface area contributed by atoms with Gasteiger partial charge in [0.1, 0.15) is 6.04 Å². The lowest BCUT2D eigenvalue weighted by atomic mass is 10.0. The molecule has 0 bridgehead atoms. The second-order valence-electron chi connectivity index (χ2n) is 7.68. The first-order chi connectivity index (χ1) is 14.6. The molecule has 2 aromatic carbocycles. The van der Waals surface area contributed by atoms with Gasteiger partial charge >= 0.3 is 0 Å². The van der Waals surface area contributed by atoms with Crippen LogP contribution in [0.15, 0.2) is 42.5 Å². The second kappa shape index (κ2) is 8.67. The largest absolute Gasteiger partial charge is 0.381 e. The van der Waals surface area contributed by atoms with E-state index < -0.39 is 6.04 Å². The van der Waals surface area contributed by atoms with Crippen molar-refractivity contribution < 1.29 is 14.4 Å². The fourth-order valence-corrected chi connectivity index (χ4v) is 4.04. The van der Waals surface area contributed by atoms with Crippen molar-refractivity contribution in [3.8, 4) is 0 Å². The van der Waals surface area contributed by atoms with E-state index in [-0.39, 0.29) is 24.1 Å². The number of amides is 3. The lowest BCUT2D eigenvalue weighted by Gasteiger charge is -2.29. The smallest absolute Gasteiger partial charge is 0.255 e. The van der Waals surface area contributed by atoms with Crippen LogP contribution < -0.4 is 16.0 Å². The predicted octanol–water partition coefficient (Wildman–Crippen LogP) is 2.17. The van der Waals surface area contributed by atoms with Gasteiger partial charge in [0.05, 0.1) is 0 Å². The summed E-state index contributed by atoms with van der Waals surface area (Å²) in [4.78, 5) is 38.4. The first kappa shape index (κ1) is 20.1. The summed E-state index contributed by atoms with van der Waals surface area (Å²) in [5.74, 6) is -0.801. The van der Waals surface area contributed by atoms with Gasteiger partial charge in [-0.2, -0.15) is 0 Å². The van der Waals surface area contributed by atoms with Crippen LogP contribution in [0.5, 0.6) is 0 Å². The maximum absolute atomic E-state index is 13.1. The van der Waals surface area contributed by atoms with Crippen molar-refractivity contribution in [3.63, 3.8) is 0 Å². The van der Waals surface area contributed by atoms with Crippen LogP contribution in [-0.2, 0) is 29.2 Å². The number of nitrogens with one attached hydrogen (secondary N) is 3. The van der Waals surface area contributed by atoms with Gasteiger partial charge in [-0.3, -0.25) is 19.7 Å². The Kier molecular flexibility index (Phi) is 5.81. The number of nitrogens with zero attached hydrogens (tertiary/aromatic N) is 1. The topological polar surface area (TPSA) is 90.5 Å². The molecule has 0 saturated carbocycles. The maximum atomic E-state index is 13.1. The lowest BCUT2D eigenvalue weighted by molar-refractivity contribution is -0.136. The number of imide groups is 1. The predicted molar refractivity (Wildman–Crippen MR) is 114 cm³/mol. The summed E-state index contributed by atoms with van der Waals surface area (Å²) in [7, 11) is 0. The Morgan fingerprint density at radius 3 is 2.60 bits per heavy atom. The van der Waals surface area contributed by atoms with Gasteiger partial charge in [-0.1, -0.05) is 37.3 Å². The summed E-state index contributed by atoms with van der Waals surface area (Å²) in [6.07, 6.45) is 0.631. The third-order valence-electron chi connectivity index (χ3n) is 5.65. The van der Waals surface area contributed by atoms with E-state index in [4.69, 9.17) is 0 Å². The van der Waals surface area contributed by atoms with Crippen molar-refractivity contribution in [2.45, 2.75) is 45.4 Å². The first-order valence-corrected chi connectivity index (χ1v) is 10.4. The molecule has 1 fully saturated rings. The van der Waals surface area contributed by atoms with Crippen LogP contribution in [-0.4, -0.2) is 35.2 Å². The van der Waals surface area contributed by atoms with E-state index in [1.807, 2.05) is 30.3 Å². The van der Waals surface area contributed by atoms with Gasteiger partial charge < -0.3 is 15.5 Å². The molecule has 1 atom stereocenters. The van der Waals surface area contributed by atoms with E-state index in [1.165, 1.54) is 5.56 Å². The molecular weight excluding hydrogens is 380 g/mol. The number of hydrogen-bond acceptors (Lipinski definition) is 5. The van der Waals surface area contributed by atoms with E-state index in [1.54, 1.807) is 4.90 Å². The number of benzene rings is 2. The average Bonchev–Trinajstić information content (AvgIpc) is 3.08. The summed E-state index contributed by atoms with van der Waals surface area (Å²) < 4.78 is 0. The number of carbonyl (C=O) groups excluding carboxylic acids is 3. The highest BCUT2D eigenvalue weighted by Gasteiger charge is 2.39. The highest BCUT2D eigenvalue weighted by atomic mass is 16.2. The molecule has 156 valence electrons. The summed E-state index contributed by atoms with van der Waals surface area (Å²) >= 11 is 0. The van der Waals surface area contributed by atoms with Crippen LogP contribution in [0, 0.1) is 0 Å². The number of piperidine rings is 1. The molecule has 2 aliphatic rings. The minimum Gasteiger partial charge on any atom is -0.381 e. The zero-order chi connectivity index (χ0) is 21.1. The Balaban J connectivity index is 1.45. The molecule has 7 nitrogen and oxygen atoms in total. The van der Waals surface area contributed by atoms with Gasteiger partial charge in [-0.05, 0) is 41.8 Å². The number of anilines is 1. The van der Waals surface area contributed by atoms with Gasteiger partial charge in [-0.15, -0.1) is 0 Å². The number of rotatable bonds is 7. The van der Waals surface area contributed by atoms with Crippen LogP contribution in [0.2, 0.25) is 0 Å². The first-order valence-electron chi connectivity index (χ1n) is 10.4. The molecule has 2 aliphatic heterocycles. The molecule has 4 rings (SSSR count). The highest BCUT2D eigenvalue weighted by Crippen LogP contribution is 2.30. The fraction of sp³-hybridized carbons (Fsp3) is 0.348. The monoisotopic (exact) mass is 406 g/mol. The summed E-state index contributed by atoms with van der Waals surface area (Å²) in [5.41, 5.74) is 4.70. The molecule has 1 unspecified atom stereocenters. The van der Waals surface area contributed by atoms with Crippen LogP contribution in [0.4, 0.5) is 5.69 Å². The number of hydrogen-bond donors (Lipinski definition) is 3. The molecule has 0 spiro atoms. The molecule has 7 heteroatoms. The van der Waals surface area contributed by atoms with E-state index in [0.29, 0.717) is 25.1 Å². The number of carbonyl (C=O) groups is 3. The van der Waals surface area contributed by atoms with Crippen molar-refractivity contribution in [1.29, 1.82) is 0 Å². The molecule has 0 aromatic heterocycles. The van der Waals surface area contributed by atoms with Gasteiger partial charge in [-0.25, -0.2) is 0 Å². The maximum Gasteiger partial charge on any atom is 0.255 e. The van der Waals surface area contributed by atoms with Crippen molar-refractivity contribution in [3.05, 3.63) is 64.7 Å². The molecule has 3 amide bonds. The second-order valence-corrected chi connectivity index (χ2v) is 7.68. The number of fused-ring (bicyclic) bond motifs is 1. The van der Waals surface area contributed by atoms with Crippen molar-refractivity contribution in [2.24, 2.45) is 0 Å². The van der Waals surface area contributed by atoms with Crippen LogP contribution in [0.25, 0.3) is 0 Å². The summed E-state index contributed by atoms with van der Waals surface area (Å²) in [6, 6.07) is 13.5. The molecule has 0 aliphatic carbocycles. The van der Waals surface area contributed by atoms with Crippen LogP contribution in [0.1, 0.15) is 46.8 Å². The third kappa shape index (κ3) is 4.07. The Morgan fingerprint density at radius 1 is 1.07 bits per heavy atom. The standard InChI is InChI=1S/C23H26N4O3/c1-2-24-12-15-6-8-18(9-7-15)25-13-16-4-3-5-17-14-27(23(30)21(16)17)19-10-11-20(28)26-22(19)29/h3-9,19,24-25H,2,10-14H2,1H3,(H,26,28,29). The third-order valence-corrected chi connectivity index (χ3v) is 5.65. The Hall–Kier alpha value is -3.19. The SMILES string of the molecule is CCNCc1ccc(NCc2cccc3c2C(=O)N(C2CCC(=O)NC2=O)C3)cc1. The van der Waals surface area contributed by atoms with Crippen molar-refractivity contribution in [1.82, 2.24) is 15.5 Å². The summed E-state index contributed by atoms with van der Waals surface area (Å²) in [5, 5.41) is 9.03. The highest BCUT2D eigenvalue weighted by molar-refractivity contribution is 6.06.